The zero-order valence-electron chi connectivity index (χ0n) is 8.61. The fraction of sp³-hybridized carbons (Fsp3) is 0.200. The molecule has 0 spiro atoms. The number of halogens is 1. The van der Waals surface area contributed by atoms with Crippen LogP contribution in [0.3, 0.4) is 0 Å². The lowest BCUT2D eigenvalue weighted by atomic mass is 10.1. The number of methoxy groups -OCH3 is 2. The van der Waals surface area contributed by atoms with Gasteiger partial charge in [-0.3, -0.25) is 0 Å². The number of hydrogen-bond donors (Lipinski definition) is 0. The monoisotopic (exact) mass is 285 g/mol. The number of rotatable bonds is 3. The Balaban J connectivity index is 3.45. The molecule has 0 N–H and O–H groups in total. The first-order valence-electron chi connectivity index (χ1n) is 4.17. The zero-order chi connectivity index (χ0) is 12.1. The van der Waals surface area contributed by atoms with Gasteiger partial charge in [-0.2, -0.15) is 4.99 Å². The summed E-state index contributed by atoms with van der Waals surface area (Å²) >= 11 is 3.18. The summed E-state index contributed by atoms with van der Waals surface area (Å²) in [5.74, 6) is -0.147. The third-order valence-electron chi connectivity index (χ3n) is 1.84. The lowest BCUT2D eigenvalue weighted by Gasteiger charge is -2.07. The van der Waals surface area contributed by atoms with Gasteiger partial charge in [0.2, 0.25) is 6.08 Å². The first-order valence-corrected chi connectivity index (χ1v) is 4.97. The third-order valence-corrected chi connectivity index (χ3v) is 2.44. The van der Waals surface area contributed by atoms with Crippen LogP contribution in [-0.4, -0.2) is 26.3 Å². The van der Waals surface area contributed by atoms with Crippen LogP contribution in [-0.2, 0) is 9.53 Å². The molecule has 1 rings (SSSR count). The van der Waals surface area contributed by atoms with Crippen molar-refractivity contribution in [3.05, 3.63) is 22.2 Å². The standard InChI is InChI=1S/C10H8BrNO4/c1-15-6-3-7(10(14)16-2)9(12-5-13)8(11)4-6/h3-4H,1-2H3. The van der Waals surface area contributed by atoms with Crippen LogP contribution in [0, 0.1) is 0 Å². The minimum Gasteiger partial charge on any atom is -0.497 e. The average Bonchev–Trinajstić information content (AvgIpc) is 2.30. The lowest BCUT2D eigenvalue weighted by molar-refractivity contribution is 0.0601. The molecular formula is C10H8BrNO4. The molecule has 0 fully saturated rings. The van der Waals surface area contributed by atoms with E-state index < -0.39 is 5.97 Å². The topological polar surface area (TPSA) is 65.0 Å². The summed E-state index contributed by atoms with van der Waals surface area (Å²) in [6.07, 6.45) is 1.38. The quantitative estimate of drug-likeness (QED) is 0.485. The molecule has 0 aliphatic carbocycles. The maximum absolute atomic E-state index is 11.4. The van der Waals surface area contributed by atoms with Gasteiger partial charge in [-0.15, -0.1) is 0 Å². The van der Waals surface area contributed by atoms with Crippen molar-refractivity contribution in [2.24, 2.45) is 4.99 Å². The molecule has 0 bridgehead atoms. The highest BCUT2D eigenvalue weighted by atomic mass is 79.9. The predicted octanol–water partition coefficient (Wildman–Crippen LogP) is 2.21. The molecule has 1 aromatic rings. The van der Waals surface area contributed by atoms with Crippen LogP contribution in [0.15, 0.2) is 21.6 Å². The number of isocyanates is 1. The number of aliphatic imine (C=N–C) groups is 1. The van der Waals surface area contributed by atoms with Crippen molar-refractivity contribution >= 4 is 33.7 Å². The van der Waals surface area contributed by atoms with Gasteiger partial charge in [0.25, 0.3) is 0 Å². The number of esters is 1. The number of benzene rings is 1. The molecule has 0 aliphatic heterocycles. The Morgan fingerprint density at radius 3 is 2.62 bits per heavy atom. The van der Waals surface area contributed by atoms with E-state index >= 15 is 0 Å². The van der Waals surface area contributed by atoms with Gasteiger partial charge >= 0.3 is 5.97 Å². The van der Waals surface area contributed by atoms with Crippen molar-refractivity contribution in [3.8, 4) is 5.75 Å². The second kappa shape index (κ2) is 5.44. The Hall–Kier alpha value is -1.65. The van der Waals surface area contributed by atoms with E-state index in [1.807, 2.05) is 0 Å². The van der Waals surface area contributed by atoms with Crippen LogP contribution in [0.1, 0.15) is 10.4 Å². The van der Waals surface area contributed by atoms with E-state index in [2.05, 4.69) is 25.7 Å². The van der Waals surface area contributed by atoms with Crippen LogP contribution in [0.25, 0.3) is 0 Å². The van der Waals surface area contributed by atoms with Crippen molar-refractivity contribution in [1.82, 2.24) is 0 Å². The van der Waals surface area contributed by atoms with Crippen molar-refractivity contribution in [3.63, 3.8) is 0 Å². The number of carbonyl (C=O) groups excluding carboxylic acids is 2. The van der Waals surface area contributed by atoms with Crippen LogP contribution in [0.2, 0.25) is 0 Å². The SMILES string of the molecule is COC(=O)c1cc(OC)cc(Br)c1N=C=O. The summed E-state index contributed by atoms with van der Waals surface area (Å²) in [5.41, 5.74) is 0.305. The van der Waals surface area contributed by atoms with E-state index in [4.69, 9.17) is 4.74 Å². The summed E-state index contributed by atoms with van der Waals surface area (Å²) in [6, 6.07) is 3.02. The molecule has 0 aromatic heterocycles. The molecule has 0 saturated heterocycles. The summed E-state index contributed by atoms with van der Waals surface area (Å²) in [7, 11) is 2.70. The van der Waals surface area contributed by atoms with Gasteiger partial charge in [0.1, 0.15) is 11.4 Å². The van der Waals surface area contributed by atoms with Crippen LogP contribution in [0.4, 0.5) is 5.69 Å². The average molecular weight is 286 g/mol. The molecule has 0 radical (unpaired) electrons. The van der Waals surface area contributed by atoms with Gasteiger partial charge in [-0.1, -0.05) is 0 Å². The number of hydrogen-bond acceptors (Lipinski definition) is 5. The van der Waals surface area contributed by atoms with Crippen molar-refractivity contribution < 1.29 is 19.1 Å². The summed E-state index contributed by atoms with van der Waals surface area (Å²) < 4.78 is 10.0. The molecule has 84 valence electrons. The Bertz CT molecular complexity index is 466. The zero-order valence-corrected chi connectivity index (χ0v) is 10.2. The number of ether oxygens (including phenoxy) is 2. The molecule has 0 saturated carbocycles. The van der Waals surface area contributed by atoms with E-state index in [1.165, 1.54) is 26.4 Å². The second-order valence-corrected chi connectivity index (χ2v) is 3.55. The molecule has 0 aliphatic rings. The Labute approximate surface area is 100 Å². The highest BCUT2D eigenvalue weighted by Crippen LogP contribution is 2.34. The molecule has 1 aromatic carbocycles. The molecule has 0 unspecified atom stereocenters. The Kier molecular flexibility index (Phi) is 4.22. The van der Waals surface area contributed by atoms with Crippen molar-refractivity contribution in [1.29, 1.82) is 0 Å². The van der Waals surface area contributed by atoms with Gasteiger partial charge in [-0.25, -0.2) is 9.59 Å². The normalized spacial score (nSPS) is 9.19. The summed E-state index contributed by atoms with van der Waals surface area (Å²) in [6.45, 7) is 0. The van der Waals surface area contributed by atoms with Gasteiger partial charge in [0.15, 0.2) is 0 Å². The molecule has 0 amide bonds. The highest BCUT2D eigenvalue weighted by Gasteiger charge is 2.16. The molecule has 16 heavy (non-hydrogen) atoms. The summed E-state index contributed by atoms with van der Waals surface area (Å²) in [5, 5.41) is 0. The molecular weight excluding hydrogens is 278 g/mol. The molecule has 0 atom stereocenters. The minimum atomic E-state index is -0.603. The minimum absolute atomic E-state index is 0.136. The number of carbonyl (C=O) groups is 1. The number of nitrogens with zero attached hydrogens (tertiary/aromatic N) is 1. The van der Waals surface area contributed by atoms with Gasteiger partial charge in [0, 0.05) is 4.47 Å². The smallest absolute Gasteiger partial charge is 0.340 e. The maximum Gasteiger partial charge on any atom is 0.340 e. The Morgan fingerprint density at radius 2 is 2.12 bits per heavy atom. The van der Waals surface area contributed by atoms with E-state index in [0.717, 1.165) is 0 Å². The molecule has 5 nitrogen and oxygen atoms in total. The molecule has 0 heterocycles. The van der Waals surface area contributed by atoms with Crippen LogP contribution < -0.4 is 4.74 Å². The summed E-state index contributed by atoms with van der Waals surface area (Å²) in [4.78, 5) is 25.1. The first-order chi connectivity index (χ1) is 7.63. The predicted molar refractivity (Wildman–Crippen MR) is 59.8 cm³/mol. The third kappa shape index (κ3) is 2.48. The second-order valence-electron chi connectivity index (χ2n) is 2.70. The van der Waals surface area contributed by atoms with E-state index in [1.54, 1.807) is 6.07 Å². The van der Waals surface area contributed by atoms with E-state index in [9.17, 15) is 9.59 Å². The maximum atomic E-state index is 11.4. The fourth-order valence-corrected chi connectivity index (χ4v) is 1.64. The van der Waals surface area contributed by atoms with Gasteiger partial charge in [-0.05, 0) is 28.1 Å². The highest BCUT2D eigenvalue weighted by molar-refractivity contribution is 9.10. The van der Waals surface area contributed by atoms with Gasteiger partial charge < -0.3 is 9.47 Å². The van der Waals surface area contributed by atoms with Crippen LogP contribution >= 0.6 is 15.9 Å². The van der Waals surface area contributed by atoms with Gasteiger partial charge in [0.05, 0.1) is 19.8 Å². The fourth-order valence-electron chi connectivity index (χ4n) is 1.12. The van der Waals surface area contributed by atoms with E-state index in [0.29, 0.717) is 10.2 Å². The Morgan fingerprint density at radius 1 is 1.44 bits per heavy atom. The lowest BCUT2D eigenvalue weighted by Crippen LogP contribution is -2.02. The molecule has 6 heteroatoms. The van der Waals surface area contributed by atoms with E-state index in [-0.39, 0.29) is 11.3 Å². The first kappa shape index (κ1) is 12.4. The van der Waals surface area contributed by atoms with Crippen LogP contribution in [0.5, 0.6) is 5.75 Å². The largest absolute Gasteiger partial charge is 0.497 e. The van der Waals surface area contributed by atoms with Crippen molar-refractivity contribution in [2.75, 3.05) is 14.2 Å². The van der Waals surface area contributed by atoms with Crippen molar-refractivity contribution in [2.45, 2.75) is 0 Å².